The molecule has 0 aliphatic carbocycles. The standard InChI is InChI=1S/C20H29FN4O3/c1-15-12-16(19(26)27)14-25(13-15)20(28)22-6-7-23-8-10-24(11-9-23)18-4-2-17(21)3-5-18/h2-5,15-16H,6-14H2,1H3,(H,22,28)(H,26,27). The molecule has 2 fully saturated rings. The van der Waals surface area contributed by atoms with Crippen LogP contribution in [-0.2, 0) is 4.79 Å². The van der Waals surface area contributed by atoms with Gasteiger partial charge in [-0.3, -0.25) is 9.69 Å². The summed E-state index contributed by atoms with van der Waals surface area (Å²) in [5.41, 5.74) is 1.03. The first-order chi connectivity index (χ1) is 13.4. The normalized spacial score (nSPS) is 23.5. The second-order valence-electron chi connectivity index (χ2n) is 7.82. The molecule has 2 aliphatic rings. The maximum atomic E-state index is 13.0. The molecule has 2 unspecified atom stereocenters. The molecule has 7 nitrogen and oxygen atoms in total. The van der Waals surface area contributed by atoms with Crippen LogP contribution in [-0.4, -0.2) is 79.3 Å². The summed E-state index contributed by atoms with van der Waals surface area (Å²) in [5.74, 6) is -1.34. The van der Waals surface area contributed by atoms with Crippen molar-refractivity contribution in [2.75, 3.05) is 57.3 Å². The molecule has 28 heavy (non-hydrogen) atoms. The number of benzene rings is 1. The van der Waals surface area contributed by atoms with E-state index in [9.17, 15) is 19.1 Å². The van der Waals surface area contributed by atoms with Gasteiger partial charge in [0.25, 0.3) is 0 Å². The van der Waals surface area contributed by atoms with Crippen molar-refractivity contribution in [2.24, 2.45) is 11.8 Å². The fourth-order valence-electron chi connectivity index (χ4n) is 4.01. The lowest BCUT2D eigenvalue weighted by Gasteiger charge is -2.37. The van der Waals surface area contributed by atoms with Crippen molar-refractivity contribution in [3.8, 4) is 0 Å². The topological polar surface area (TPSA) is 76.1 Å². The Bertz CT molecular complexity index is 677. The number of piperazine rings is 1. The number of carboxylic acids is 1. The first kappa shape index (κ1) is 20.4. The van der Waals surface area contributed by atoms with E-state index in [2.05, 4.69) is 15.1 Å². The van der Waals surface area contributed by atoms with E-state index in [1.807, 2.05) is 6.92 Å². The molecule has 0 aromatic heterocycles. The van der Waals surface area contributed by atoms with Crippen LogP contribution < -0.4 is 10.2 Å². The van der Waals surface area contributed by atoms with Gasteiger partial charge < -0.3 is 20.2 Å². The molecule has 8 heteroatoms. The van der Waals surface area contributed by atoms with Crippen molar-refractivity contribution < 1.29 is 19.1 Å². The van der Waals surface area contributed by atoms with E-state index < -0.39 is 11.9 Å². The lowest BCUT2D eigenvalue weighted by molar-refractivity contribution is -0.143. The molecule has 3 rings (SSSR count). The van der Waals surface area contributed by atoms with Gasteiger partial charge in [-0.15, -0.1) is 0 Å². The lowest BCUT2D eigenvalue weighted by atomic mass is 9.91. The molecule has 1 aromatic rings. The number of amides is 2. The Balaban J connectivity index is 1.38. The summed E-state index contributed by atoms with van der Waals surface area (Å²) in [5, 5.41) is 12.2. The monoisotopic (exact) mass is 392 g/mol. The fourth-order valence-corrected chi connectivity index (χ4v) is 4.01. The predicted octanol–water partition coefficient (Wildman–Crippen LogP) is 1.70. The third-order valence-corrected chi connectivity index (χ3v) is 5.56. The summed E-state index contributed by atoms with van der Waals surface area (Å²) in [7, 11) is 0. The Hall–Kier alpha value is -2.35. The zero-order valence-electron chi connectivity index (χ0n) is 16.3. The zero-order valence-corrected chi connectivity index (χ0v) is 16.3. The molecule has 0 bridgehead atoms. The first-order valence-corrected chi connectivity index (χ1v) is 9.91. The minimum atomic E-state index is -0.830. The van der Waals surface area contributed by atoms with Crippen molar-refractivity contribution in [2.45, 2.75) is 13.3 Å². The van der Waals surface area contributed by atoms with E-state index in [-0.39, 0.29) is 24.3 Å². The second kappa shape index (κ2) is 9.23. The molecule has 1 aromatic carbocycles. The molecule has 0 radical (unpaired) electrons. The highest BCUT2D eigenvalue weighted by molar-refractivity contribution is 5.76. The molecular weight excluding hydrogens is 363 g/mol. The average molecular weight is 392 g/mol. The number of likely N-dealkylation sites (tertiary alicyclic amines) is 1. The maximum Gasteiger partial charge on any atom is 0.317 e. The number of anilines is 1. The highest BCUT2D eigenvalue weighted by Gasteiger charge is 2.31. The number of rotatable bonds is 5. The minimum absolute atomic E-state index is 0.178. The van der Waals surface area contributed by atoms with Crippen LogP contribution in [0.4, 0.5) is 14.9 Å². The average Bonchev–Trinajstić information content (AvgIpc) is 2.68. The van der Waals surface area contributed by atoms with Gasteiger partial charge in [0.2, 0.25) is 0 Å². The van der Waals surface area contributed by atoms with Gasteiger partial charge in [0, 0.05) is 58.0 Å². The highest BCUT2D eigenvalue weighted by Crippen LogP contribution is 2.21. The number of aliphatic carboxylic acids is 1. The van der Waals surface area contributed by atoms with Crippen LogP contribution >= 0.6 is 0 Å². The third kappa shape index (κ3) is 5.34. The number of hydrogen-bond acceptors (Lipinski definition) is 4. The summed E-state index contributed by atoms with van der Waals surface area (Å²) >= 11 is 0. The summed E-state index contributed by atoms with van der Waals surface area (Å²) < 4.78 is 13.0. The Morgan fingerprint density at radius 2 is 1.82 bits per heavy atom. The van der Waals surface area contributed by atoms with Crippen LogP contribution in [0.3, 0.4) is 0 Å². The van der Waals surface area contributed by atoms with Crippen molar-refractivity contribution in [1.29, 1.82) is 0 Å². The van der Waals surface area contributed by atoms with Gasteiger partial charge in [0.15, 0.2) is 0 Å². The Labute approximate surface area is 165 Å². The number of carbonyl (C=O) groups is 2. The van der Waals surface area contributed by atoms with E-state index in [1.165, 1.54) is 12.1 Å². The highest BCUT2D eigenvalue weighted by atomic mass is 19.1. The molecule has 2 atom stereocenters. The van der Waals surface area contributed by atoms with Crippen LogP contribution in [0.1, 0.15) is 13.3 Å². The number of urea groups is 1. The van der Waals surface area contributed by atoms with Crippen LogP contribution in [0.25, 0.3) is 0 Å². The number of nitrogens with zero attached hydrogens (tertiary/aromatic N) is 3. The van der Waals surface area contributed by atoms with Crippen molar-refractivity contribution in [1.82, 2.24) is 15.1 Å². The van der Waals surface area contributed by atoms with Crippen molar-refractivity contribution >= 4 is 17.7 Å². The van der Waals surface area contributed by atoms with E-state index in [4.69, 9.17) is 0 Å². The zero-order chi connectivity index (χ0) is 20.1. The maximum absolute atomic E-state index is 13.0. The van der Waals surface area contributed by atoms with E-state index >= 15 is 0 Å². The SMILES string of the molecule is CC1CC(C(=O)O)CN(C(=O)NCCN2CCN(c3ccc(F)cc3)CC2)C1. The molecule has 2 N–H and O–H groups in total. The number of carbonyl (C=O) groups excluding carboxylic acids is 1. The van der Waals surface area contributed by atoms with Gasteiger partial charge in [-0.05, 0) is 36.6 Å². The molecular formula is C20H29FN4O3. The fraction of sp³-hybridized carbons (Fsp3) is 0.600. The van der Waals surface area contributed by atoms with Crippen molar-refractivity contribution in [3.63, 3.8) is 0 Å². The van der Waals surface area contributed by atoms with Gasteiger partial charge >= 0.3 is 12.0 Å². The predicted molar refractivity (Wildman–Crippen MR) is 105 cm³/mol. The molecule has 0 saturated carbocycles. The Morgan fingerprint density at radius 3 is 2.46 bits per heavy atom. The smallest absolute Gasteiger partial charge is 0.317 e. The van der Waals surface area contributed by atoms with E-state index in [0.29, 0.717) is 19.5 Å². The summed E-state index contributed by atoms with van der Waals surface area (Å²) in [6.07, 6.45) is 0.622. The summed E-state index contributed by atoms with van der Waals surface area (Å²) in [6, 6.07) is 6.38. The molecule has 154 valence electrons. The molecule has 2 heterocycles. The lowest BCUT2D eigenvalue weighted by Crippen LogP contribution is -2.52. The van der Waals surface area contributed by atoms with Crippen LogP contribution in [0.2, 0.25) is 0 Å². The minimum Gasteiger partial charge on any atom is -0.481 e. The van der Waals surface area contributed by atoms with Crippen LogP contribution in [0, 0.1) is 17.7 Å². The number of hydrogen-bond donors (Lipinski definition) is 2. The first-order valence-electron chi connectivity index (χ1n) is 9.91. The summed E-state index contributed by atoms with van der Waals surface area (Å²) in [4.78, 5) is 29.8. The Kier molecular flexibility index (Phi) is 6.72. The number of carboxylic acid groups (broad SMARTS) is 1. The third-order valence-electron chi connectivity index (χ3n) is 5.56. The van der Waals surface area contributed by atoms with Gasteiger partial charge in [-0.25, -0.2) is 9.18 Å². The molecule has 2 amide bonds. The van der Waals surface area contributed by atoms with Crippen LogP contribution in [0.5, 0.6) is 0 Å². The molecule has 2 aliphatic heterocycles. The van der Waals surface area contributed by atoms with Crippen molar-refractivity contribution in [3.05, 3.63) is 30.1 Å². The Morgan fingerprint density at radius 1 is 1.14 bits per heavy atom. The van der Waals surface area contributed by atoms with E-state index in [0.717, 1.165) is 38.4 Å². The van der Waals surface area contributed by atoms with Gasteiger partial charge in [-0.2, -0.15) is 0 Å². The number of nitrogens with one attached hydrogen (secondary N) is 1. The molecule has 2 saturated heterocycles. The van der Waals surface area contributed by atoms with Gasteiger partial charge in [0.05, 0.1) is 5.92 Å². The van der Waals surface area contributed by atoms with Crippen LogP contribution in [0.15, 0.2) is 24.3 Å². The van der Waals surface area contributed by atoms with Gasteiger partial charge in [0.1, 0.15) is 5.82 Å². The van der Waals surface area contributed by atoms with Gasteiger partial charge in [-0.1, -0.05) is 6.92 Å². The van der Waals surface area contributed by atoms with E-state index in [1.54, 1.807) is 17.0 Å². The largest absolute Gasteiger partial charge is 0.481 e. The molecule has 0 spiro atoms. The number of halogens is 1. The summed E-state index contributed by atoms with van der Waals surface area (Å²) in [6.45, 7) is 7.66. The quantitative estimate of drug-likeness (QED) is 0.798. The number of piperidine rings is 1. The second-order valence-corrected chi connectivity index (χ2v) is 7.82.